The Hall–Kier alpha value is -1.70. The Bertz CT molecular complexity index is 586. The minimum absolute atomic E-state index is 0.557. The fourth-order valence-electron chi connectivity index (χ4n) is 3.73. The highest BCUT2D eigenvalue weighted by Crippen LogP contribution is 2.36. The van der Waals surface area contributed by atoms with Gasteiger partial charge in [0.2, 0.25) is 0 Å². The molecule has 0 atom stereocenters. The molecule has 1 aliphatic carbocycles. The predicted molar refractivity (Wildman–Crippen MR) is 96.3 cm³/mol. The molecule has 23 heavy (non-hydrogen) atoms. The van der Waals surface area contributed by atoms with Crippen LogP contribution in [-0.2, 0) is 0 Å². The standard InChI is InChI=1S/C21H28N2/c1-2-3-5-8-17-11-13-19(14-12-17)21-22-16-15-20(23-21)18-9-6-4-7-10-18/h4,6-7,9-10,15-17,19H,2-3,5,8,11-14H2,1H3/t17-,19-. The summed E-state index contributed by atoms with van der Waals surface area (Å²) in [7, 11) is 0. The van der Waals surface area contributed by atoms with Gasteiger partial charge in [-0.05, 0) is 37.7 Å². The van der Waals surface area contributed by atoms with Crippen molar-refractivity contribution >= 4 is 0 Å². The molecule has 1 aromatic heterocycles. The quantitative estimate of drug-likeness (QED) is 0.612. The molecule has 2 aromatic rings. The van der Waals surface area contributed by atoms with Gasteiger partial charge in [-0.15, -0.1) is 0 Å². The van der Waals surface area contributed by atoms with Gasteiger partial charge in [-0.2, -0.15) is 0 Å². The first kappa shape index (κ1) is 16.2. The van der Waals surface area contributed by atoms with Crippen LogP contribution < -0.4 is 0 Å². The van der Waals surface area contributed by atoms with E-state index >= 15 is 0 Å². The van der Waals surface area contributed by atoms with Crippen molar-refractivity contribution < 1.29 is 0 Å². The van der Waals surface area contributed by atoms with Crippen molar-refractivity contribution in [1.82, 2.24) is 9.97 Å². The Morgan fingerprint density at radius 1 is 0.957 bits per heavy atom. The zero-order chi connectivity index (χ0) is 15.9. The van der Waals surface area contributed by atoms with E-state index in [2.05, 4.69) is 36.2 Å². The fourth-order valence-corrected chi connectivity index (χ4v) is 3.73. The van der Waals surface area contributed by atoms with Gasteiger partial charge in [-0.1, -0.05) is 62.9 Å². The normalized spacial score (nSPS) is 21.3. The van der Waals surface area contributed by atoms with E-state index in [0.717, 1.165) is 17.4 Å². The first-order chi connectivity index (χ1) is 11.4. The van der Waals surface area contributed by atoms with E-state index in [4.69, 9.17) is 4.98 Å². The van der Waals surface area contributed by atoms with Gasteiger partial charge in [0.15, 0.2) is 0 Å². The number of nitrogens with zero attached hydrogens (tertiary/aromatic N) is 2. The van der Waals surface area contributed by atoms with Crippen LogP contribution in [0.2, 0.25) is 0 Å². The lowest BCUT2D eigenvalue weighted by molar-refractivity contribution is 0.297. The lowest BCUT2D eigenvalue weighted by atomic mass is 9.79. The summed E-state index contributed by atoms with van der Waals surface area (Å²) in [6.45, 7) is 2.29. The first-order valence-corrected chi connectivity index (χ1v) is 9.25. The zero-order valence-electron chi connectivity index (χ0n) is 14.2. The summed E-state index contributed by atoms with van der Waals surface area (Å²) in [6.07, 6.45) is 12.7. The second kappa shape index (κ2) is 8.24. The predicted octanol–water partition coefficient (Wildman–Crippen LogP) is 6.00. The van der Waals surface area contributed by atoms with Gasteiger partial charge < -0.3 is 0 Å². The van der Waals surface area contributed by atoms with Crippen molar-refractivity contribution in [3.8, 4) is 11.3 Å². The molecule has 0 N–H and O–H groups in total. The van der Waals surface area contributed by atoms with Gasteiger partial charge in [-0.25, -0.2) is 9.97 Å². The van der Waals surface area contributed by atoms with E-state index in [0.29, 0.717) is 5.92 Å². The molecule has 0 bridgehead atoms. The molecule has 1 aliphatic rings. The molecule has 3 rings (SSSR count). The topological polar surface area (TPSA) is 25.8 Å². The van der Waals surface area contributed by atoms with Crippen LogP contribution in [0.1, 0.15) is 70.0 Å². The van der Waals surface area contributed by atoms with Crippen molar-refractivity contribution in [3.05, 3.63) is 48.4 Å². The van der Waals surface area contributed by atoms with Crippen LogP contribution in [0.5, 0.6) is 0 Å². The van der Waals surface area contributed by atoms with Crippen molar-refractivity contribution in [2.75, 3.05) is 0 Å². The summed E-state index contributed by atoms with van der Waals surface area (Å²) in [5.74, 6) is 2.55. The SMILES string of the molecule is CCCCC[C@H]1CC[C@H](c2nccc(-c3ccccc3)n2)CC1. The maximum absolute atomic E-state index is 4.86. The van der Waals surface area contributed by atoms with Crippen LogP contribution in [0, 0.1) is 5.92 Å². The lowest BCUT2D eigenvalue weighted by Gasteiger charge is -2.27. The summed E-state index contributed by atoms with van der Waals surface area (Å²) in [4.78, 5) is 9.43. The molecule has 2 nitrogen and oxygen atoms in total. The van der Waals surface area contributed by atoms with Gasteiger partial charge in [0.1, 0.15) is 5.82 Å². The molecule has 0 saturated heterocycles. The Morgan fingerprint density at radius 2 is 1.74 bits per heavy atom. The van der Waals surface area contributed by atoms with Crippen LogP contribution in [0.4, 0.5) is 0 Å². The average molecular weight is 308 g/mol. The number of rotatable bonds is 6. The molecule has 122 valence electrons. The molecule has 1 saturated carbocycles. The van der Waals surface area contributed by atoms with Crippen molar-refractivity contribution in [2.45, 2.75) is 64.2 Å². The number of unbranched alkanes of at least 4 members (excludes halogenated alkanes) is 2. The summed E-state index contributed by atoms with van der Waals surface area (Å²) < 4.78 is 0. The molecule has 1 heterocycles. The van der Waals surface area contributed by atoms with E-state index in [1.165, 1.54) is 56.9 Å². The van der Waals surface area contributed by atoms with Crippen LogP contribution >= 0.6 is 0 Å². The maximum atomic E-state index is 4.86. The van der Waals surface area contributed by atoms with E-state index < -0.39 is 0 Å². The first-order valence-electron chi connectivity index (χ1n) is 9.25. The van der Waals surface area contributed by atoms with Crippen LogP contribution in [0.25, 0.3) is 11.3 Å². The number of hydrogen-bond acceptors (Lipinski definition) is 2. The van der Waals surface area contributed by atoms with Gasteiger partial charge in [0.25, 0.3) is 0 Å². The highest BCUT2D eigenvalue weighted by Gasteiger charge is 2.24. The Balaban J connectivity index is 1.61. The minimum atomic E-state index is 0.557. The molecule has 0 aliphatic heterocycles. The summed E-state index contributed by atoms with van der Waals surface area (Å²) >= 11 is 0. The third kappa shape index (κ3) is 4.40. The third-order valence-electron chi connectivity index (χ3n) is 5.17. The van der Waals surface area contributed by atoms with Crippen molar-refractivity contribution in [3.63, 3.8) is 0 Å². The summed E-state index contributed by atoms with van der Waals surface area (Å²) in [5, 5.41) is 0. The minimum Gasteiger partial charge on any atom is -0.241 e. The second-order valence-electron chi connectivity index (χ2n) is 6.88. The average Bonchev–Trinajstić information content (AvgIpc) is 2.63. The number of hydrogen-bond donors (Lipinski definition) is 0. The maximum Gasteiger partial charge on any atom is 0.132 e. The van der Waals surface area contributed by atoms with E-state index in [9.17, 15) is 0 Å². The Morgan fingerprint density at radius 3 is 2.48 bits per heavy atom. The molecule has 0 radical (unpaired) electrons. The molecule has 0 amide bonds. The van der Waals surface area contributed by atoms with Gasteiger partial charge in [-0.3, -0.25) is 0 Å². The number of benzene rings is 1. The van der Waals surface area contributed by atoms with Crippen LogP contribution in [0.15, 0.2) is 42.6 Å². The Kier molecular flexibility index (Phi) is 5.79. The summed E-state index contributed by atoms with van der Waals surface area (Å²) in [5.41, 5.74) is 2.24. The van der Waals surface area contributed by atoms with E-state index in [-0.39, 0.29) is 0 Å². The molecule has 1 fully saturated rings. The molecule has 0 unspecified atom stereocenters. The smallest absolute Gasteiger partial charge is 0.132 e. The van der Waals surface area contributed by atoms with E-state index in [1.807, 2.05) is 18.3 Å². The van der Waals surface area contributed by atoms with Gasteiger partial charge in [0.05, 0.1) is 5.69 Å². The molecular weight excluding hydrogens is 280 g/mol. The second-order valence-corrected chi connectivity index (χ2v) is 6.88. The molecule has 2 heteroatoms. The lowest BCUT2D eigenvalue weighted by Crippen LogP contribution is -2.15. The van der Waals surface area contributed by atoms with Crippen LogP contribution in [0.3, 0.4) is 0 Å². The summed E-state index contributed by atoms with van der Waals surface area (Å²) in [6, 6.07) is 12.4. The van der Waals surface area contributed by atoms with Gasteiger partial charge >= 0.3 is 0 Å². The number of aromatic nitrogens is 2. The van der Waals surface area contributed by atoms with Gasteiger partial charge in [0, 0.05) is 17.7 Å². The molecule has 0 spiro atoms. The van der Waals surface area contributed by atoms with Crippen molar-refractivity contribution in [2.24, 2.45) is 5.92 Å². The monoisotopic (exact) mass is 308 g/mol. The van der Waals surface area contributed by atoms with Crippen molar-refractivity contribution in [1.29, 1.82) is 0 Å². The highest BCUT2D eigenvalue weighted by molar-refractivity contribution is 5.58. The van der Waals surface area contributed by atoms with E-state index in [1.54, 1.807) is 0 Å². The third-order valence-corrected chi connectivity index (χ3v) is 5.17. The molecular formula is C21H28N2. The molecule has 1 aromatic carbocycles. The highest BCUT2D eigenvalue weighted by atomic mass is 14.9. The Labute approximate surface area is 140 Å². The van der Waals surface area contributed by atoms with Crippen LogP contribution in [-0.4, -0.2) is 9.97 Å². The largest absolute Gasteiger partial charge is 0.241 e. The fraction of sp³-hybridized carbons (Fsp3) is 0.524. The zero-order valence-corrected chi connectivity index (χ0v) is 14.2.